The Bertz CT molecular complexity index is 1460. The molecule has 1 heterocycles. The summed E-state index contributed by atoms with van der Waals surface area (Å²) in [4.78, 5) is 4.19. The fraction of sp³-hybridized carbons (Fsp3) is 0.136. The first kappa shape index (κ1) is 24.4. The lowest BCUT2D eigenvalue weighted by Gasteiger charge is -2.12. The molecule has 4 aromatic rings. The second-order valence-corrected chi connectivity index (χ2v) is 8.92. The van der Waals surface area contributed by atoms with E-state index >= 15 is 0 Å². The number of nitrogens with zero attached hydrogens (tertiary/aromatic N) is 1. The highest BCUT2D eigenvalue weighted by Crippen LogP contribution is 2.32. The van der Waals surface area contributed by atoms with E-state index in [0.29, 0.717) is 27.8 Å². The Kier molecular flexibility index (Phi) is 6.13. The molecular formula is C22H14F6N2O4S. The van der Waals surface area contributed by atoms with Crippen molar-refractivity contribution in [1.82, 2.24) is 4.98 Å². The molecule has 0 unspecified atom stereocenters. The van der Waals surface area contributed by atoms with Crippen molar-refractivity contribution in [1.29, 1.82) is 0 Å². The summed E-state index contributed by atoms with van der Waals surface area (Å²) in [5.74, 6) is 0.434. The number of anilines is 1. The zero-order chi connectivity index (χ0) is 25.4. The van der Waals surface area contributed by atoms with Crippen LogP contribution in [0.5, 0.6) is 5.75 Å². The lowest BCUT2D eigenvalue weighted by atomic mass is 10.1. The van der Waals surface area contributed by atoms with Gasteiger partial charge < -0.3 is 9.15 Å². The Morgan fingerprint density at radius 3 is 2.31 bits per heavy atom. The maximum absolute atomic E-state index is 12.7. The fourth-order valence-electron chi connectivity index (χ4n) is 3.12. The Morgan fingerprint density at radius 1 is 0.943 bits per heavy atom. The predicted molar refractivity (Wildman–Crippen MR) is 114 cm³/mol. The number of oxazole rings is 1. The number of nitrogens with one attached hydrogen (secondary N) is 1. The molecule has 0 radical (unpaired) electrons. The molecule has 1 N–H and O–H groups in total. The van der Waals surface area contributed by atoms with Crippen LogP contribution in [0.25, 0.3) is 22.2 Å². The van der Waals surface area contributed by atoms with Gasteiger partial charge in [0.25, 0.3) is 0 Å². The van der Waals surface area contributed by atoms with E-state index in [1.807, 2.05) is 0 Å². The van der Waals surface area contributed by atoms with E-state index in [1.165, 1.54) is 35.3 Å². The highest BCUT2D eigenvalue weighted by Gasteiger charge is 2.46. The zero-order valence-corrected chi connectivity index (χ0v) is 18.1. The van der Waals surface area contributed by atoms with Crippen molar-refractivity contribution >= 4 is 26.5 Å². The van der Waals surface area contributed by atoms with Gasteiger partial charge in [0.1, 0.15) is 24.3 Å². The number of rotatable bonds is 6. The molecule has 0 amide bonds. The van der Waals surface area contributed by atoms with Gasteiger partial charge in [-0.15, -0.1) is 0 Å². The van der Waals surface area contributed by atoms with Crippen molar-refractivity contribution in [2.24, 2.45) is 0 Å². The van der Waals surface area contributed by atoms with Crippen molar-refractivity contribution < 1.29 is 43.9 Å². The fourth-order valence-corrected chi connectivity index (χ4v) is 3.67. The monoisotopic (exact) mass is 516 g/mol. The number of hydrogen-bond acceptors (Lipinski definition) is 5. The lowest BCUT2D eigenvalue weighted by Crippen LogP contribution is -2.29. The summed E-state index contributed by atoms with van der Waals surface area (Å²) in [6.45, 7) is -0.0777. The maximum atomic E-state index is 12.7. The number of alkyl halides is 6. The van der Waals surface area contributed by atoms with Gasteiger partial charge in [0.15, 0.2) is 0 Å². The minimum absolute atomic E-state index is 0.0777. The van der Waals surface area contributed by atoms with Crippen molar-refractivity contribution in [3.05, 3.63) is 78.2 Å². The van der Waals surface area contributed by atoms with E-state index in [9.17, 15) is 34.8 Å². The summed E-state index contributed by atoms with van der Waals surface area (Å²) < 4.78 is 111. The Labute approximate surface area is 194 Å². The molecule has 184 valence electrons. The highest BCUT2D eigenvalue weighted by molar-refractivity contribution is 7.93. The molecular weight excluding hydrogens is 502 g/mol. The first-order chi connectivity index (χ1) is 16.3. The predicted octanol–water partition coefficient (Wildman–Crippen LogP) is 6.35. The molecule has 0 bridgehead atoms. The molecule has 1 aromatic heterocycles. The largest absolute Gasteiger partial charge is 0.516 e. The van der Waals surface area contributed by atoms with E-state index in [0.717, 1.165) is 18.2 Å². The Balaban J connectivity index is 1.49. The average molecular weight is 516 g/mol. The number of halogens is 6. The maximum Gasteiger partial charge on any atom is 0.516 e. The second kappa shape index (κ2) is 8.80. The zero-order valence-electron chi connectivity index (χ0n) is 17.3. The second-order valence-electron chi connectivity index (χ2n) is 7.25. The molecule has 6 nitrogen and oxygen atoms in total. The summed E-state index contributed by atoms with van der Waals surface area (Å²) in [6, 6.07) is 12.8. The summed E-state index contributed by atoms with van der Waals surface area (Å²) in [7, 11) is -5.56. The van der Waals surface area contributed by atoms with Gasteiger partial charge in [-0.2, -0.15) is 34.8 Å². The molecule has 13 heteroatoms. The first-order valence-electron chi connectivity index (χ1n) is 9.70. The third kappa shape index (κ3) is 5.34. The molecule has 4 rings (SSSR count). The number of benzene rings is 3. The third-order valence-electron chi connectivity index (χ3n) is 4.78. The van der Waals surface area contributed by atoms with Gasteiger partial charge in [-0.1, -0.05) is 12.1 Å². The Morgan fingerprint density at radius 2 is 1.66 bits per heavy atom. The summed E-state index contributed by atoms with van der Waals surface area (Å²) >= 11 is 0. The van der Waals surface area contributed by atoms with E-state index in [1.54, 1.807) is 18.2 Å². The standard InChI is InChI=1S/C22H14F6N2O4S/c23-21(24,25)15-6-4-13(5-7-15)20-29-17(12-34-20)11-33-19-3-1-2-14-10-16(8-9-18(14)19)30-35(31,32)22(26,27)28/h1-10,12,30H,11H2. The number of sulfonamides is 1. The Hall–Kier alpha value is -3.74. The SMILES string of the molecule is O=S(=O)(Nc1ccc2c(OCc3coc(-c4ccc(C(F)(F)F)cc4)n3)cccc2c1)C(F)(F)F. The molecule has 0 aliphatic carbocycles. The van der Waals surface area contributed by atoms with Gasteiger partial charge in [-0.3, -0.25) is 4.72 Å². The van der Waals surface area contributed by atoms with Crippen molar-refractivity contribution in [2.75, 3.05) is 4.72 Å². The molecule has 0 aliphatic rings. The van der Waals surface area contributed by atoms with Crippen LogP contribution in [-0.2, 0) is 22.8 Å². The van der Waals surface area contributed by atoms with Crippen LogP contribution in [0, 0.1) is 0 Å². The van der Waals surface area contributed by atoms with Crippen LogP contribution >= 0.6 is 0 Å². The minimum Gasteiger partial charge on any atom is -0.487 e. The number of ether oxygens (including phenoxy) is 1. The normalized spacial score (nSPS) is 12.6. The van der Waals surface area contributed by atoms with Crippen molar-refractivity contribution in [2.45, 2.75) is 18.3 Å². The van der Waals surface area contributed by atoms with Gasteiger partial charge >= 0.3 is 21.7 Å². The van der Waals surface area contributed by atoms with Gasteiger partial charge in [-0.05, 0) is 53.9 Å². The molecule has 0 aliphatic heterocycles. The minimum atomic E-state index is -5.56. The van der Waals surface area contributed by atoms with Gasteiger partial charge in [-0.25, -0.2) is 4.98 Å². The smallest absolute Gasteiger partial charge is 0.487 e. The van der Waals surface area contributed by atoms with E-state index < -0.39 is 27.3 Å². The average Bonchev–Trinajstić information content (AvgIpc) is 3.25. The lowest BCUT2D eigenvalue weighted by molar-refractivity contribution is -0.137. The van der Waals surface area contributed by atoms with Crippen molar-refractivity contribution in [3.8, 4) is 17.2 Å². The topological polar surface area (TPSA) is 81.4 Å². The number of aromatic nitrogens is 1. The van der Waals surface area contributed by atoms with Crippen LogP contribution in [0.1, 0.15) is 11.3 Å². The van der Waals surface area contributed by atoms with E-state index in [2.05, 4.69) is 4.98 Å². The first-order valence-corrected chi connectivity index (χ1v) is 11.2. The van der Waals surface area contributed by atoms with Gasteiger partial charge in [0, 0.05) is 16.6 Å². The molecule has 0 saturated heterocycles. The number of fused-ring (bicyclic) bond motifs is 1. The molecule has 0 atom stereocenters. The summed E-state index contributed by atoms with van der Waals surface area (Å²) in [5, 5.41) is 0.907. The molecule has 0 spiro atoms. The molecule has 35 heavy (non-hydrogen) atoms. The molecule has 0 fully saturated rings. The summed E-state index contributed by atoms with van der Waals surface area (Å²) in [6.07, 6.45) is -3.18. The van der Waals surface area contributed by atoms with Crippen LogP contribution in [0.15, 0.2) is 71.3 Å². The summed E-state index contributed by atoms with van der Waals surface area (Å²) in [5.41, 5.74) is -5.86. The quantitative estimate of drug-likeness (QED) is 0.302. The van der Waals surface area contributed by atoms with Crippen LogP contribution < -0.4 is 9.46 Å². The van der Waals surface area contributed by atoms with Gasteiger partial charge in [0.05, 0.1) is 5.56 Å². The van der Waals surface area contributed by atoms with Crippen LogP contribution in [0.4, 0.5) is 32.0 Å². The van der Waals surface area contributed by atoms with Crippen LogP contribution in [0.3, 0.4) is 0 Å². The molecule has 0 saturated carbocycles. The van der Waals surface area contributed by atoms with Crippen molar-refractivity contribution in [3.63, 3.8) is 0 Å². The third-order valence-corrected chi connectivity index (χ3v) is 5.90. The molecule has 3 aromatic carbocycles. The van der Waals surface area contributed by atoms with Crippen LogP contribution in [0.2, 0.25) is 0 Å². The van der Waals surface area contributed by atoms with Crippen LogP contribution in [-0.4, -0.2) is 18.9 Å². The highest BCUT2D eigenvalue weighted by atomic mass is 32.2. The van der Waals surface area contributed by atoms with E-state index in [4.69, 9.17) is 9.15 Å². The van der Waals surface area contributed by atoms with E-state index in [-0.39, 0.29) is 18.2 Å². The number of hydrogen-bond donors (Lipinski definition) is 1. The van der Waals surface area contributed by atoms with Gasteiger partial charge in [0.2, 0.25) is 5.89 Å².